The number of hydrogen-bond donors (Lipinski definition) is 3. The van der Waals surface area contributed by atoms with Crippen LogP contribution in [0.2, 0.25) is 0 Å². The number of aromatic nitrogens is 4. The molecular formula is C23H24N6O4S. The topological polar surface area (TPSA) is 131 Å². The Morgan fingerprint density at radius 3 is 2.82 bits per heavy atom. The van der Waals surface area contributed by atoms with Crippen LogP contribution >= 0.6 is 11.8 Å². The summed E-state index contributed by atoms with van der Waals surface area (Å²) in [4.78, 5) is 33.5. The Morgan fingerprint density at radius 1 is 1.26 bits per heavy atom. The van der Waals surface area contributed by atoms with E-state index in [1.807, 2.05) is 19.1 Å². The van der Waals surface area contributed by atoms with Gasteiger partial charge in [0, 0.05) is 17.6 Å². The van der Waals surface area contributed by atoms with Crippen molar-refractivity contribution >= 4 is 35.3 Å². The maximum absolute atomic E-state index is 13.4. The van der Waals surface area contributed by atoms with Crippen LogP contribution in [0.25, 0.3) is 0 Å². The van der Waals surface area contributed by atoms with Gasteiger partial charge < -0.3 is 20.5 Å². The van der Waals surface area contributed by atoms with Crippen molar-refractivity contribution < 1.29 is 19.4 Å². The minimum Gasteiger partial charge on any atom is -0.508 e. The molecule has 0 aliphatic carbocycles. The van der Waals surface area contributed by atoms with Crippen molar-refractivity contribution in [1.82, 2.24) is 19.7 Å². The molecule has 3 aromatic rings. The normalized spacial score (nSPS) is 14.9. The van der Waals surface area contributed by atoms with Crippen molar-refractivity contribution in [2.45, 2.75) is 31.5 Å². The molecule has 0 spiro atoms. The van der Waals surface area contributed by atoms with Gasteiger partial charge >= 0.3 is 5.97 Å². The van der Waals surface area contributed by atoms with Gasteiger partial charge in [-0.2, -0.15) is 4.98 Å². The van der Waals surface area contributed by atoms with E-state index in [9.17, 15) is 14.7 Å². The Morgan fingerprint density at radius 2 is 2.09 bits per heavy atom. The Kier molecular flexibility index (Phi) is 6.82. The highest BCUT2D eigenvalue weighted by molar-refractivity contribution is 7.99. The molecule has 0 saturated carbocycles. The van der Waals surface area contributed by atoms with Gasteiger partial charge in [-0.05, 0) is 43.2 Å². The number of aromatic hydroxyl groups is 1. The van der Waals surface area contributed by atoms with Crippen molar-refractivity contribution in [3.63, 3.8) is 0 Å². The summed E-state index contributed by atoms with van der Waals surface area (Å²) in [6.45, 7) is 3.69. The first-order chi connectivity index (χ1) is 16.4. The van der Waals surface area contributed by atoms with E-state index in [0.29, 0.717) is 39.4 Å². The van der Waals surface area contributed by atoms with Crippen molar-refractivity contribution in [1.29, 1.82) is 0 Å². The average molecular weight is 481 g/mol. The Bertz CT molecular complexity index is 1270. The molecule has 0 bridgehead atoms. The Hall–Kier alpha value is -3.86. The molecule has 1 amide bonds. The number of rotatable bonds is 7. The molecule has 10 nitrogen and oxygen atoms in total. The number of hydrogen-bond acceptors (Lipinski definition) is 9. The number of nitrogens with zero attached hydrogens (tertiary/aromatic N) is 4. The number of allylic oxidation sites excluding steroid dienone is 1. The first kappa shape index (κ1) is 23.3. The molecule has 3 heterocycles. The Labute approximate surface area is 200 Å². The third-order valence-electron chi connectivity index (χ3n) is 5.16. The van der Waals surface area contributed by atoms with Crippen LogP contribution in [0.4, 0.5) is 11.6 Å². The summed E-state index contributed by atoms with van der Waals surface area (Å²) in [5.74, 6) is 0.347. The van der Waals surface area contributed by atoms with Crippen molar-refractivity contribution in [2.24, 2.45) is 0 Å². The number of amides is 1. The smallest absolute Gasteiger partial charge is 0.306 e. The first-order valence-electron chi connectivity index (χ1n) is 10.5. The monoisotopic (exact) mass is 480 g/mol. The molecule has 2 aromatic heterocycles. The SMILES string of the molecule is COC(=O)CCSc1nc2n(n1)C(c1cccc(O)c1)C(C(=O)Nc1cncc(C)c1)=C(C)N2. The summed E-state index contributed by atoms with van der Waals surface area (Å²) in [5, 5.41) is 21.2. The molecule has 34 heavy (non-hydrogen) atoms. The number of methoxy groups -OCH3 is 1. The molecule has 0 radical (unpaired) electrons. The molecule has 1 aliphatic heterocycles. The van der Waals surface area contributed by atoms with Crippen LogP contribution in [0, 0.1) is 6.92 Å². The van der Waals surface area contributed by atoms with Gasteiger partial charge in [-0.25, -0.2) is 4.68 Å². The summed E-state index contributed by atoms with van der Waals surface area (Å²) in [6.07, 6.45) is 3.51. The third-order valence-corrected chi connectivity index (χ3v) is 6.00. The van der Waals surface area contributed by atoms with Gasteiger partial charge in [0.2, 0.25) is 11.1 Å². The zero-order valence-electron chi connectivity index (χ0n) is 18.9. The van der Waals surface area contributed by atoms with Crippen LogP contribution in [0.5, 0.6) is 5.75 Å². The lowest BCUT2D eigenvalue weighted by Gasteiger charge is -2.28. The second kappa shape index (κ2) is 9.96. The van der Waals surface area contributed by atoms with E-state index in [1.54, 1.807) is 42.2 Å². The number of pyridine rings is 1. The molecule has 1 unspecified atom stereocenters. The molecule has 0 saturated heterocycles. The van der Waals surface area contributed by atoms with Crippen molar-refractivity contribution in [3.8, 4) is 5.75 Å². The summed E-state index contributed by atoms with van der Waals surface area (Å²) >= 11 is 1.31. The van der Waals surface area contributed by atoms with Crippen LogP contribution in [-0.4, -0.2) is 49.6 Å². The van der Waals surface area contributed by atoms with Gasteiger partial charge in [0.25, 0.3) is 5.91 Å². The second-order valence-electron chi connectivity index (χ2n) is 7.70. The highest BCUT2D eigenvalue weighted by atomic mass is 32.2. The number of thioether (sulfide) groups is 1. The van der Waals surface area contributed by atoms with Crippen LogP contribution in [-0.2, 0) is 14.3 Å². The number of anilines is 2. The van der Waals surface area contributed by atoms with Gasteiger partial charge in [0.1, 0.15) is 11.8 Å². The van der Waals surface area contributed by atoms with E-state index in [1.165, 1.54) is 18.9 Å². The maximum atomic E-state index is 13.4. The lowest BCUT2D eigenvalue weighted by molar-refractivity contribution is -0.140. The molecule has 3 N–H and O–H groups in total. The molecule has 4 rings (SSSR count). The highest BCUT2D eigenvalue weighted by Gasteiger charge is 2.34. The van der Waals surface area contributed by atoms with Crippen LogP contribution in [0.15, 0.2) is 59.2 Å². The predicted octanol–water partition coefficient (Wildman–Crippen LogP) is 3.27. The van der Waals surface area contributed by atoms with Crippen LogP contribution < -0.4 is 10.6 Å². The minimum absolute atomic E-state index is 0.0747. The molecule has 176 valence electrons. The minimum atomic E-state index is -0.636. The van der Waals surface area contributed by atoms with Crippen LogP contribution in [0.3, 0.4) is 0 Å². The lowest BCUT2D eigenvalue weighted by atomic mass is 9.95. The molecular weight excluding hydrogens is 456 g/mol. The fraction of sp³-hybridized carbons (Fsp3) is 0.261. The van der Waals surface area contributed by atoms with Crippen LogP contribution in [0.1, 0.15) is 30.5 Å². The fourth-order valence-electron chi connectivity index (χ4n) is 3.64. The number of nitrogens with one attached hydrogen (secondary N) is 2. The van der Waals surface area contributed by atoms with Crippen molar-refractivity contribution in [2.75, 3.05) is 23.5 Å². The van der Waals surface area contributed by atoms with Crippen molar-refractivity contribution in [3.05, 3.63) is 65.1 Å². The summed E-state index contributed by atoms with van der Waals surface area (Å²) in [7, 11) is 1.35. The first-order valence-corrected chi connectivity index (χ1v) is 11.5. The zero-order chi connectivity index (χ0) is 24.2. The fourth-order valence-corrected chi connectivity index (χ4v) is 4.39. The standard InChI is InChI=1S/C23H24N6O4S/c1-13-9-16(12-24-11-13)26-21(32)19-14(2)25-22-27-23(34-8-7-18(31)33-3)28-29(22)20(19)15-5-4-6-17(30)10-15/h4-6,9-12,20,30H,7-8H2,1-3H3,(H,26,32)(H,25,27,28). The molecule has 0 fully saturated rings. The largest absolute Gasteiger partial charge is 0.508 e. The highest BCUT2D eigenvalue weighted by Crippen LogP contribution is 2.37. The van der Waals surface area contributed by atoms with Gasteiger partial charge in [-0.3, -0.25) is 14.6 Å². The van der Waals surface area contributed by atoms with E-state index in [-0.39, 0.29) is 24.0 Å². The van der Waals surface area contributed by atoms with Gasteiger partial charge in [-0.1, -0.05) is 23.9 Å². The second-order valence-corrected chi connectivity index (χ2v) is 8.77. The molecule has 1 aromatic carbocycles. The molecule has 1 aliphatic rings. The molecule has 11 heteroatoms. The average Bonchev–Trinajstić information content (AvgIpc) is 3.20. The van der Waals surface area contributed by atoms with Gasteiger partial charge in [0.15, 0.2) is 0 Å². The van der Waals surface area contributed by atoms with E-state index in [2.05, 4.69) is 30.4 Å². The van der Waals surface area contributed by atoms with Gasteiger partial charge in [-0.15, -0.1) is 5.10 Å². The number of phenols is 1. The van der Waals surface area contributed by atoms with Gasteiger partial charge in [0.05, 0.1) is 31.0 Å². The van der Waals surface area contributed by atoms with E-state index < -0.39 is 6.04 Å². The summed E-state index contributed by atoms with van der Waals surface area (Å²) in [5.41, 5.74) is 3.20. The number of fused-ring (bicyclic) bond motifs is 1. The zero-order valence-corrected chi connectivity index (χ0v) is 19.7. The van der Waals surface area contributed by atoms with E-state index >= 15 is 0 Å². The number of ether oxygens (including phenoxy) is 1. The molecule has 1 atom stereocenters. The van der Waals surface area contributed by atoms with E-state index in [0.717, 1.165) is 5.56 Å². The summed E-state index contributed by atoms with van der Waals surface area (Å²) in [6, 6.07) is 7.89. The number of carbonyl (C=O) groups excluding carboxylic acids is 2. The Balaban J connectivity index is 1.69. The third kappa shape index (κ3) is 5.04. The predicted molar refractivity (Wildman–Crippen MR) is 128 cm³/mol. The number of carbonyl (C=O) groups is 2. The number of aryl methyl sites for hydroxylation is 1. The number of phenolic OH excluding ortho intramolecular Hbond substituents is 1. The van der Waals surface area contributed by atoms with E-state index in [4.69, 9.17) is 0 Å². The number of esters is 1. The quantitative estimate of drug-likeness (QED) is 0.344. The maximum Gasteiger partial charge on any atom is 0.306 e. The lowest BCUT2D eigenvalue weighted by Crippen LogP contribution is -2.31. The number of benzene rings is 1. The summed E-state index contributed by atoms with van der Waals surface area (Å²) < 4.78 is 6.29.